The van der Waals surface area contributed by atoms with Crippen molar-refractivity contribution in [3.8, 4) is 5.75 Å². The van der Waals surface area contributed by atoms with E-state index in [4.69, 9.17) is 9.84 Å². The molecule has 0 aliphatic heterocycles. The van der Waals surface area contributed by atoms with Crippen LogP contribution in [0.5, 0.6) is 5.75 Å². The first-order valence-corrected chi connectivity index (χ1v) is 6.46. The van der Waals surface area contributed by atoms with Crippen LogP contribution in [0, 0.1) is 10.1 Å². The molecule has 2 rings (SSSR count). The molecule has 0 aliphatic carbocycles. The van der Waals surface area contributed by atoms with Gasteiger partial charge in [-0.05, 0) is 23.8 Å². The SMILES string of the molecule is O=[N+]([O-])c1cc(OCCO)ccc1C=Cc1ccccc1. The number of hydrogen-bond acceptors (Lipinski definition) is 4. The molecule has 0 spiro atoms. The highest BCUT2D eigenvalue weighted by Crippen LogP contribution is 2.26. The summed E-state index contributed by atoms with van der Waals surface area (Å²) in [5.41, 5.74) is 1.44. The Morgan fingerprint density at radius 3 is 2.57 bits per heavy atom. The quantitative estimate of drug-likeness (QED) is 0.503. The third kappa shape index (κ3) is 4.15. The van der Waals surface area contributed by atoms with Gasteiger partial charge in [-0.25, -0.2) is 0 Å². The van der Waals surface area contributed by atoms with Gasteiger partial charge in [-0.3, -0.25) is 10.1 Å². The van der Waals surface area contributed by atoms with E-state index in [1.807, 2.05) is 36.4 Å². The van der Waals surface area contributed by atoms with Crippen LogP contribution in [0.4, 0.5) is 5.69 Å². The Bertz CT molecular complexity index is 638. The minimum absolute atomic E-state index is 0.0300. The lowest BCUT2D eigenvalue weighted by Crippen LogP contribution is -2.02. The van der Waals surface area contributed by atoms with Gasteiger partial charge in [0, 0.05) is 0 Å². The summed E-state index contributed by atoms with van der Waals surface area (Å²) in [6.45, 7) is -0.0280. The molecule has 0 heterocycles. The lowest BCUT2D eigenvalue weighted by molar-refractivity contribution is -0.385. The van der Waals surface area contributed by atoms with Gasteiger partial charge < -0.3 is 9.84 Å². The Morgan fingerprint density at radius 2 is 1.90 bits per heavy atom. The predicted molar refractivity (Wildman–Crippen MR) is 81.0 cm³/mol. The van der Waals surface area contributed by atoms with Crippen LogP contribution in [0.1, 0.15) is 11.1 Å². The Labute approximate surface area is 122 Å². The standard InChI is InChI=1S/C16H15NO4/c18-10-11-21-15-9-8-14(16(12-15)17(19)20)7-6-13-4-2-1-3-5-13/h1-9,12,18H,10-11H2. The van der Waals surface area contributed by atoms with E-state index < -0.39 is 4.92 Å². The number of rotatable bonds is 6. The number of hydrogen-bond donors (Lipinski definition) is 1. The number of aliphatic hydroxyl groups excluding tert-OH is 1. The molecular weight excluding hydrogens is 270 g/mol. The summed E-state index contributed by atoms with van der Waals surface area (Å²) in [6, 6.07) is 14.2. The van der Waals surface area contributed by atoms with Gasteiger partial charge in [-0.2, -0.15) is 0 Å². The number of benzene rings is 2. The first-order valence-electron chi connectivity index (χ1n) is 6.46. The summed E-state index contributed by atoms with van der Waals surface area (Å²) in [7, 11) is 0. The fourth-order valence-electron chi connectivity index (χ4n) is 1.83. The molecule has 0 radical (unpaired) electrons. The zero-order valence-corrected chi connectivity index (χ0v) is 11.3. The van der Waals surface area contributed by atoms with Crippen LogP contribution in [0.15, 0.2) is 48.5 Å². The van der Waals surface area contributed by atoms with Crippen LogP contribution < -0.4 is 4.74 Å². The number of nitrogens with zero attached hydrogens (tertiary/aromatic N) is 1. The first kappa shape index (κ1) is 14.7. The summed E-state index contributed by atoms with van der Waals surface area (Å²) < 4.78 is 5.19. The summed E-state index contributed by atoms with van der Waals surface area (Å²) in [4.78, 5) is 10.7. The average molecular weight is 285 g/mol. The molecule has 0 unspecified atom stereocenters. The van der Waals surface area contributed by atoms with Crippen LogP contribution in [0.25, 0.3) is 12.2 Å². The van der Waals surface area contributed by atoms with Crippen molar-refractivity contribution in [3.05, 3.63) is 69.8 Å². The van der Waals surface area contributed by atoms with Gasteiger partial charge >= 0.3 is 0 Å². The largest absolute Gasteiger partial charge is 0.491 e. The van der Waals surface area contributed by atoms with Gasteiger partial charge in [0.05, 0.1) is 23.2 Å². The van der Waals surface area contributed by atoms with Crippen LogP contribution in [-0.4, -0.2) is 23.2 Å². The van der Waals surface area contributed by atoms with E-state index in [1.54, 1.807) is 18.2 Å². The maximum absolute atomic E-state index is 11.1. The smallest absolute Gasteiger partial charge is 0.280 e. The highest BCUT2D eigenvalue weighted by Gasteiger charge is 2.13. The molecule has 0 aromatic heterocycles. The monoisotopic (exact) mass is 285 g/mol. The van der Waals surface area contributed by atoms with Crippen molar-refractivity contribution in [3.63, 3.8) is 0 Å². The predicted octanol–water partition coefficient (Wildman–Crippen LogP) is 3.14. The van der Waals surface area contributed by atoms with Crippen molar-refractivity contribution in [1.82, 2.24) is 0 Å². The maximum Gasteiger partial charge on any atom is 0.280 e. The van der Waals surface area contributed by atoms with Gasteiger partial charge in [-0.1, -0.05) is 36.4 Å². The van der Waals surface area contributed by atoms with E-state index in [0.717, 1.165) is 5.56 Å². The normalized spacial score (nSPS) is 10.7. The van der Waals surface area contributed by atoms with Crippen molar-refractivity contribution in [2.75, 3.05) is 13.2 Å². The lowest BCUT2D eigenvalue weighted by atomic mass is 10.1. The number of nitro benzene ring substituents is 1. The van der Waals surface area contributed by atoms with Crippen molar-refractivity contribution in [2.45, 2.75) is 0 Å². The third-order valence-corrected chi connectivity index (χ3v) is 2.81. The Balaban J connectivity index is 2.26. The molecule has 0 saturated carbocycles. The second kappa shape index (κ2) is 7.21. The van der Waals surface area contributed by atoms with Crippen molar-refractivity contribution in [2.24, 2.45) is 0 Å². The molecular formula is C16H15NO4. The maximum atomic E-state index is 11.1. The van der Waals surface area contributed by atoms with Gasteiger partial charge in [0.1, 0.15) is 12.4 Å². The molecule has 2 aromatic rings. The van der Waals surface area contributed by atoms with Crippen molar-refractivity contribution in [1.29, 1.82) is 0 Å². The summed E-state index contributed by atoms with van der Waals surface area (Å²) in [6.07, 6.45) is 3.51. The second-order valence-corrected chi connectivity index (χ2v) is 4.29. The van der Waals surface area contributed by atoms with Crippen LogP contribution in [0.3, 0.4) is 0 Å². The van der Waals surface area contributed by atoms with Crippen molar-refractivity contribution < 1.29 is 14.8 Å². The molecule has 21 heavy (non-hydrogen) atoms. The van der Waals surface area contributed by atoms with E-state index in [9.17, 15) is 10.1 Å². The summed E-state index contributed by atoms with van der Waals surface area (Å²) in [5, 5.41) is 19.8. The lowest BCUT2D eigenvalue weighted by Gasteiger charge is -2.05. The van der Waals surface area contributed by atoms with Crippen LogP contribution in [0.2, 0.25) is 0 Å². The molecule has 0 atom stereocenters. The third-order valence-electron chi connectivity index (χ3n) is 2.81. The Hall–Kier alpha value is -2.66. The molecule has 0 amide bonds. The highest BCUT2D eigenvalue weighted by molar-refractivity contribution is 5.74. The average Bonchev–Trinajstić information content (AvgIpc) is 2.52. The molecule has 108 valence electrons. The zero-order chi connectivity index (χ0) is 15.1. The summed E-state index contributed by atoms with van der Waals surface area (Å²) >= 11 is 0. The fraction of sp³-hybridized carbons (Fsp3) is 0.125. The van der Waals surface area contributed by atoms with Crippen LogP contribution >= 0.6 is 0 Å². The molecule has 5 nitrogen and oxygen atoms in total. The molecule has 0 aliphatic rings. The van der Waals surface area contributed by atoms with Crippen molar-refractivity contribution >= 4 is 17.8 Å². The molecule has 2 aromatic carbocycles. The number of aliphatic hydroxyl groups is 1. The number of ether oxygens (including phenoxy) is 1. The molecule has 5 heteroatoms. The highest BCUT2D eigenvalue weighted by atomic mass is 16.6. The van der Waals surface area contributed by atoms with Crippen LogP contribution in [-0.2, 0) is 0 Å². The van der Waals surface area contributed by atoms with Gasteiger partial charge in [0.2, 0.25) is 0 Å². The molecule has 0 fully saturated rings. The number of nitro groups is 1. The van der Waals surface area contributed by atoms with E-state index >= 15 is 0 Å². The van der Waals surface area contributed by atoms with Gasteiger partial charge in [-0.15, -0.1) is 0 Å². The molecule has 0 saturated heterocycles. The Kier molecular flexibility index (Phi) is 5.06. The minimum Gasteiger partial charge on any atom is -0.491 e. The van der Waals surface area contributed by atoms with E-state index in [2.05, 4.69) is 0 Å². The van der Waals surface area contributed by atoms with E-state index in [1.165, 1.54) is 6.07 Å². The Morgan fingerprint density at radius 1 is 1.14 bits per heavy atom. The minimum atomic E-state index is -0.448. The second-order valence-electron chi connectivity index (χ2n) is 4.29. The fourth-order valence-corrected chi connectivity index (χ4v) is 1.83. The topological polar surface area (TPSA) is 72.6 Å². The first-order chi connectivity index (χ1) is 10.2. The van der Waals surface area contributed by atoms with Gasteiger partial charge in [0.25, 0.3) is 5.69 Å². The molecule has 0 bridgehead atoms. The van der Waals surface area contributed by atoms with E-state index in [0.29, 0.717) is 11.3 Å². The zero-order valence-electron chi connectivity index (χ0n) is 11.3. The van der Waals surface area contributed by atoms with Gasteiger partial charge in [0.15, 0.2) is 0 Å². The molecule has 1 N–H and O–H groups in total. The van der Waals surface area contributed by atoms with E-state index in [-0.39, 0.29) is 18.9 Å². The summed E-state index contributed by atoms with van der Waals surface area (Å²) in [5.74, 6) is 0.368.